The molecular weight excluding hydrogens is 613 g/mol. The van der Waals surface area contributed by atoms with Crippen molar-refractivity contribution in [1.29, 1.82) is 0 Å². The van der Waals surface area contributed by atoms with Crippen molar-refractivity contribution in [3.05, 3.63) is 81.6 Å². The Balaban J connectivity index is 0.000000241. The van der Waals surface area contributed by atoms with Crippen molar-refractivity contribution in [2.75, 3.05) is 17.2 Å². The van der Waals surface area contributed by atoms with Gasteiger partial charge in [0.1, 0.15) is 22.8 Å². The van der Waals surface area contributed by atoms with E-state index in [1.54, 1.807) is 71.0 Å². The number of nitrogens with two attached hydrogens (primary N) is 1. The highest BCUT2D eigenvalue weighted by molar-refractivity contribution is 6.30. The number of amides is 1. The predicted octanol–water partition coefficient (Wildman–Crippen LogP) is 4.27. The number of aliphatic hydroxyl groups is 2. The summed E-state index contributed by atoms with van der Waals surface area (Å²) in [5, 5.41) is 40.7. The Morgan fingerprint density at radius 2 is 1.23 bits per heavy atom. The molecule has 1 amide bonds. The van der Waals surface area contributed by atoms with Gasteiger partial charge in [-0.2, -0.15) is 0 Å². The number of primary amides is 1. The Labute approximate surface area is 263 Å². The highest BCUT2D eigenvalue weighted by atomic mass is 35.5. The highest BCUT2D eigenvalue weighted by Crippen LogP contribution is 2.25. The van der Waals surface area contributed by atoms with Crippen LogP contribution in [0.25, 0.3) is 0 Å². The number of esters is 1. The minimum Gasteiger partial charge on any atom is -0.461 e. The molecule has 44 heavy (non-hydrogen) atoms. The van der Waals surface area contributed by atoms with Crippen LogP contribution in [0.15, 0.2) is 48.5 Å². The number of hydrogen-bond acceptors (Lipinski definition) is 13. The third-order valence-corrected chi connectivity index (χ3v) is 5.88. The molecule has 4 aromatic rings. The van der Waals surface area contributed by atoms with Gasteiger partial charge in [-0.15, -0.1) is 20.4 Å². The van der Waals surface area contributed by atoms with Crippen LogP contribution in [0, 0.1) is 0 Å². The number of carbonyl (C=O) groups is 2. The highest BCUT2D eigenvalue weighted by Gasteiger charge is 2.21. The zero-order valence-electron chi connectivity index (χ0n) is 24.5. The monoisotopic (exact) mass is 643 g/mol. The molecule has 0 aliphatic heterocycles. The van der Waals surface area contributed by atoms with Crippen LogP contribution in [0.3, 0.4) is 0 Å². The fourth-order valence-corrected chi connectivity index (χ4v) is 3.72. The van der Waals surface area contributed by atoms with E-state index in [-0.39, 0.29) is 28.3 Å². The molecule has 0 spiro atoms. The maximum atomic E-state index is 11.9. The minimum absolute atomic E-state index is 0.00621. The van der Waals surface area contributed by atoms with Crippen molar-refractivity contribution < 1.29 is 24.5 Å². The van der Waals surface area contributed by atoms with E-state index in [4.69, 9.17) is 33.7 Å². The second kappa shape index (κ2) is 14.3. The van der Waals surface area contributed by atoms with Gasteiger partial charge in [0.25, 0.3) is 5.91 Å². The Morgan fingerprint density at radius 3 is 1.64 bits per heavy atom. The van der Waals surface area contributed by atoms with Gasteiger partial charge >= 0.3 is 5.97 Å². The van der Waals surface area contributed by atoms with E-state index in [1.165, 1.54) is 12.1 Å². The summed E-state index contributed by atoms with van der Waals surface area (Å²) >= 11 is 11.6. The fourth-order valence-electron chi connectivity index (χ4n) is 3.42. The average molecular weight is 645 g/mol. The maximum absolute atomic E-state index is 11.9. The van der Waals surface area contributed by atoms with Crippen molar-refractivity contribution in [1.82, 2.24) is 30.4 Å². The lowest BCUT2D eigenvalue weighted by Crippen LogP contribution is -2.19. The lowest BCUT2D eigenvalue weighted by molar-refractivity contribution is 0.0519. The molecule has 0 aliphatic carbocycles. The number of rotatable bonds is 9. The minimum atomic E-state index is -1.09. The number of aromatic nitrogens is 6. The van der Waals surface area contributed by atoms with Gasteiger partial charge in [-0.25, -0.2) is 14.8 Å². The van der Waals surface area contributed by atoms with Crippen LogP contribution in [0.2, 0.25) is 10.3 Å². The fraction of sp³-hybridized carbons (Fsp3) is 0.286. The number of carbonyl (C=O) groups excluding carboxylic acids is 2. The first-order valence-electron chi connectivity index (χ1n) is 13.1. The molecule has 0 unspecified atom stereocenters. The van der Waals surface area contributed by atoms with Gasteiger partial charge < -0.3 is 31.3 Å². The summed E-state index contributed by atoms with van der Waals surface area (Å²) in [6.07, 6.45) is 0. The summed E-state index contributed by atoms with van der Waals surface area (Å²) in [6.45, 7) is 8.43. The standard InChI is InChI=1S/C15H17ClN4O3.C13H14ClN5O2/c1-4-23-14(21)13-9(8-11(16)19-20-13)17-12-7-5-6-10(18-12)15(2,3)22;1-13(2,21)8-4-3-5-10(17-8)16-7-6-9(14)18-19-11(7)12(15)20/h5-8,22H,4H2,1-3H3,(H,17,18,19);3-6,21H,1-2H3,(H2,15,20)(H,16,17,18). The number of anilines is 4. The van der Waals surface area contributed by atoms with Crippen molar-refractivity contribution in [3.8, 4) is 0 Å². The largest absolute Gasteiger partial charge is 0.461 e. The summed E-state index contributed by atoms with van der Waals surface area (Å²) in [5.41, 5.74) is 4.59. The summed E-state index contributed by atoms with van der Waals surface area (Å²) in [7, 11) is 0. The molecular formula is C28H31Cl2N9O5. The van der Waals surface area contributed by atoms with Crippen LogP contribution in [0.4, 0.5) is 23.0 Å². The van der Waals surface area contributed by atoms with E-state index in [1.807, 2.05) is 0 Å². The van der Waals surface area contributed by atoms with Crippen molar-refractivity contribution in [2.45, 2.75) is 45.8 Å². The molecule has 232 valence electrons. The molecule has 0 atom stereocenters. The van der Waals surface area contributed by atoms with Gasteiger partial charge in [0.15, 0.2) is 21.7 Å². The van der Waals surface area contributed by atoms with Crippen LogP contribution in [-0.2, 0) is 15.9 Å². The van der Waals surface area contributed by atoms with Gasteiger partial charge in [-0.3, -0.25) is 4.79 Å². The summed E-state index contributed by atoms with van der Waals surface area (Å²) in [6, 6.07) is 13.1. The van der Waals surface area contributed by atoms with Gasteiger partial charge in [0.2, 0.25) is 0 Å². The molecule has 0 fully saturated rings. The van der Waals surface area contributed by atoms with Crippen LogP contribution in [0.5, 0.6) is 0 Å². The van der Waals surface area contributed by atoms with E-state index in [9.17, 15) is 19.8 Å². The third kappa shape index (κ3) is 9.50. The summed E-state index contributed by atoms with van der Waals surface area (Å²) in [5.74, 6) is -0.501. The molecule has 4 rings (SSSR count). The second-order valence-electron chi connectivity index (χ2n) is 10.1. The molecule has 0 bridgehead atoms. The van der Waals surface area contributed by atoms with Crippen LogP contribution < -0.4 is 16.4 Å². The Hall–Kier alpha value is -4.50. The molecule has 0 saturated carbocycles. The molecule has 14 nitrogen and oxygen atoms in total. The van der Waals surface area contributed by atoms with Gasteiger partial charge in [-0.1, -0.05) is 35.3 Å². The average Bonchev–Trinajstić information content (AvgIpc) is 2.93. The lowest BCUT2D eigenvalue weighted by atomic mass is 10.1. The number of nitrogens with zero attached hydrogens (tertiary/aromatic N) is 6. The van der Waals surface area contributed by atoms with Crippen LogP contribution in [0.1, 0.15) is 67.0 Å². The molecule has 0 radical (unpaired) electrons. The quantitative estimate of drug-likeness (QED) is 0.161. The molecule has 0 saturated heterocycles. The number of nitrogens with one attached hydrogen (secondary N) is 2. The van der Waals surface area contributed by atoms with Crippen LogP contribution in [-0.4, -0.2) is 59.1 Å². The van der Waals surface area contributed by atoms with E-state index in [0.29, 0.717) is 34.4 Å². The van der Waals surface area contributed by atoms with E-state index >= 15 is 0 Å². The Kier molecular flexibility index (Phi) is 11.1. The molecule has 4 heterocycles. The van der Waals surface area contributed by atoms with Crippen molar-refractivity contribution in [2.24, 2.45) is 5.73 Å². The number of halogens is 2. The van der Waals surface area contributed by atoms with Gasteiger partial charge in [0, 0.05) is 12.1 Å². The molecule has 0 aliphatic rings. The summed E-state index contributed by atoms with van der Waals surface area (Å²) in [4.78, 5) is 31.8. The normalized spacial score (nSPS) is 11.2. The van der Waals surface area contributed by atoms with Gasteiger partial charge in [0.05, 0.1) is 29.4 Å². The van der Waals surface area contributed by atoms with Crippen LogP contribution >= 0.6 is 23.2 Å². The molecule has 0 aromatic carbocycles. The molecule has 6 N–H and O–H groups in total. The first kappa shape index (κ1) is 34.0. The Bertz CT molecular complexity index is 1640. The topological polar surface area (TPSA) is 211 Å². The van der Waals surface area contributed by atoms with Gasteiger partial charge in [-0.05, 0) is 58.9 Å². The third-order valence-electron chi connectivity index (χ3n) is 5.51. The van der Waals surface area contributed by atoms with E-state index < -0.39 is 23.1 Å². The first-order valence-corrected chi connectivity index (χ1v) is 13.8. The number of ether oxygens (including phenoxy) is 1. The summed E-state index contributed by atoms with van der Waals surface area (Å²) < 4.78 is 4.94. The first-order chi connectivity index (χ1) is 20.6. The molecule has 16 heteroatoms. The molecule has 4 aromatic heterocycles. The number of pyridine rings is 2. The SMILES string of the molecule is CC(C)(O)c1cccc(Nc2cc(Cl)nnc2C(N)=O)n1.CCOC(=O)c1nnc(Cl)cc1Nc1cccc(C(C)(C)O)n1. The maximum Gasteiger partial charge on any atom is 0.361 e. The lowest BCUT2D eigenvalue weighted by Gasteiger charge is -2.17. The van der Waals surface area contributed by atoms with Crippen molar-refractivity contribution in [3.63, 3.8) is 0 Å². The van der Waals surface area contributed by atoms with E-state index in [2.05, 4.69) is 41.0 Å². The Morgan fingerprint density at radius 1 is 0.795 bits per heavy atom. The van der Waals surface area contributed by atoms with Crippen molar-refractivity contribution >= 4 is 58.1 Å². The smallest absolute Gasteiger partial charge is 0.361 e. The second-order valence-corrected chi connectivity index (χ2v) is 10.9. The zero-order valence-corrected chi connectivity index (χ0v) is 26.0. The van der Waals surface area contributed by atoms with E-state index in [0.717, 1.165) is 0 Å². The number of hydrogen-bond donors (Lipinski definition) is 5. The predicted molar refractivity (Wildman–Crippen MR) is 164 cm³/mol. The zero-order chi connectivity index (χ0) is 32.7.